The van der Waals surface area contributed by atoms with Crippen molar-refractivity contribution in [3.05, 3.63) is 52.7 Å². The lowest BCUT2D eigenvalue weighted by molar-refractivity contribution is -0.119. The van der Waals surface area contributed by atoms with E-state index in [1.54, 1.807) is 31.2 Å². The number of esters is 2. The quantitative estimate of drug-likeness (QED) is 0.486. The number of thiophene rings is 1. The van der Waals surface area contributed by atoms with E-state index in [2.05, 4.69) is 20.8 Å². The van der Waals surface area contributed by atoms with Crippen LogP contribution in [0.3, 0.4) is 0 Å². The summed E-state index contributed by atoms with van der Waals surface area (Å²) in [5, 5.41) is 15.7. The highest BCUT2D eigenvalue weighted by molar-refractivity contribution is 7.15. The van der Waals surface area contributed by atoms with Crippen LogP contribution < -0.4 is 5.32 Å². The van der Waals surface area contributed by atoms with Crippen LogP contribution in [0.5, 0.6) is 0 Å². The van der Waals surface area contributed by atoms with Gasteiger partial charge in [0.05, 0.1) is 23.4 Å². The highest BCUT2D eigenvalue weighted by atomic mass is 32.1. The number of rotatable bonds is 9. The van der Waals surface area contributed by atoms with Gasteiger partial charge in [-0.15, -0.1) is 16.4 Å². The molecule has 0 bridgehead atoms. The number of nitrogens with zero attached hydrogens (tertiary/aromatic N) is 4. The molecule has 3 aromatic rings. The SMILES string of the molecule is CCOC(=O)c1c(CC(C)C)csc1NC(=O)COC(=O)c1ccccc1-n1cnnn1. The molecule has 1 amide bonds. The zero-order valence-corrected chi connectivity index (χ0v) is 18.7. The fraction of sp³-hybridized carbons (Fsp3) is 0.333. The first-order valence-corrected chi connectivity index (χ1v) is 10.9. The van der Waals surface area contributed by atoms with Gasteiger partial charge in [-0.05, 0) is 52.8 Å². The predicted molar refractivity (Wildman–Crippen MR) is 117 cm³/mol. The summed E-state index contributed by atoms with van der Waals surface area (Å²) >= 11 is 1.23. The van der Waals surface area contributed by atoms with Gasteiger partial charge in [0.15, 0.2) is 6.61 Å². The van der Waals surface area contributed by atoms with Crippen LogP contribution in [-0.2, 0) is 20.7 Å². The lowest BCUT2D eigenvalue weighted by Crippen LogP contribution is -2.22. The van der Waals surface area contributed by atoms with Crippen LogP contribution in [0.4, 0.5) is 5.00 Å². The molecule has 2 aromatic heterocycles. The number of carbonyl (C=O) groups is 3. The second-order valence-corrected chi connectivity index (χ2v) is 8.06. The number of anilines is 1. The number of para-hydroxylation sites is 1. The maximum Gasteiger partial charge on any atom is 0.341 e. The van der Waals surface area contributed by atoms with E-state index < -0.39 is 24.5 Å². The standard InChI is InChI=1S/C21H23N5O5S/c1-4-30-21(29)18-14(9-13(2)3)11-32-19(18)23-17(27)10-31-20(28)15-7-5-6-8-16(15)26-12-22-24-25-26/h5-8,11-13H,4,9-10H2,1-3H3,(H,23,27). The van der Waals surface area contributed by atoms with E-state index in [-0.39, 0.29) is 12.2 Å². The first kappa shape index (κ1) is 23.1. The number of ether oxygens (including phenoxy) is 2. The van der Waals surface area contributed by atoms with Crippen molar-refractivity contribution in [1.82, 2.24) is 20.2 Å². The molecule has 1 N–H and O–H groups in total. The van der Waals surface area contributed by atoms with Crippen LogP contribution in [0.15, 0.2) is 36.0 Å². The topological polar surface area (TPSA) is 125 Å². The van der Waals surface area contributed by atoms with Crippen molar-refractivity contribution in [1.29, 1.82) is 0 Å². The van der Waals surface area contributed by atoms with Crippen LogP contribution in [0.2, 0.25) is 0 Å². The average Bonchev–Trinajstić information content (AvgIpc) is 3.42. The van der Waals surface area contributed by atoms with Crippen molar-refractivity contribution in [3.8, 4) is 5.69 Å². The molecular weight excluding hydrogens is 434 g/mol. The fourth-order valence-corrected chi connectivity index (χ4v) is 3.97. The summed E-state index contributed by atoms with van der Waals surface area (Å²) in [5.74, 6) is -1.44. The molecule has 0 aliphatic heterocycles. The van der Waals surface area contributed by atoms with Crippen LogP contribution in [-0.4, -0.2) is 51.3 Å². The summed E-state index contributed by atoms with van der Waals surface area (Å²) in [7, 11) is 0. The Kier molecular flexibility index (Phi) is 7.66. The zero-order valence-electron chi connectivity index (χ0n) is 17.9. The fourth-order valence-electron chi connectivity index (χ4n) is 2.99. The third kappa shape index (κ3) is 5.55. The van der Waals surface area contributed by atoms with Gasteiger partial charge in [-0.1, -0.05) is 26.0 Å². The van der Waals surface area contributed by atoms with Gasteiger partial charge in [0.25, 0.3) is 5.91 Å². The lowest BCUT2D eigenvalue weighted by Gasteiger charge is -2.11. The Morgan fingerprint density at radius 1 is 1.16 bits per heavy atom. The second kappa shape index (κ2) is 10.6. The molecule has 168 valence electrons. The van der Waals surface area contributed by atoms with Gasteiger partial charge in [-0.3, -0.25) is 4.79 Å². The van der Waals surface area contributed by atoms with Crippen molar-refractivity contribution in [2.75, 3.05) is 18.5 Å². The monoisotopic (exact) mass is 457 g/mol. The molecule has 0 radical (unpaired) electrons. The largest absolute Gasteiger partial charge is 0.462 e. The van der Waals surface area contributed by atoms with Crippen molar-refractivity contribution in [2.45, 2.75) is 27.2 Å². The molecule has 0 saturated heterocycles. The number of hydrogen-bond acceptors (Lipinski definition) is 9. The molecule has 32 heavy (non-hydrogen) atoms. The van der Waals surface area contributed by atoms with Crippen molar-refractivity contribution >= 4 is 34.2 Å². The van der Waals surface area contributed by atoms with Gasteiger partial charge >= 0.3 is 11.9 Å². The molecule has 0 aliphatic carbocycles. The Bertz CT molecular complexity index is 1090. The average molecular weight is 458 g/mol. The first-order valence-electron chi connectivity index (χ1n) is 9.97. The molecule has 0 saturated carbocycles. The number of tetrazole rings is 1. The molecular formula is C21H23N5O5S. The number of nitrogens with one attached hydrogen (secondary N) is 1. The first-order chi connectivity index (χ1) is 15.4. The van der Waals surface area contributed by atoms with Gasteiger partial charge < -0.3 is 14.8 Å². The minimum absolute atomic E-state index is 0.204. The number of amides is 1. The van der Waals surface area contributed by atoms with E-state index in [1.165, 1.54) is 22.3 Å². The Morgan fingerprint density at radius 2 is 1.94 bits per heavy atom. The van der Waals surface area contributed by atoms with Crippen LogP contribution >= 0.6 is 11.3 Å². The minimum atomic E-state index is -0.705. The Hall–Kier alpha value is -3.60. The Labute approximate surface area is 188 Å². The van der Waals surface area contributed by atoms with Gasteiger partial charge in [0.1, 0.15) is 11.3 Å². The maximum atomic E-state index is 12.5. The van der Waals surface area contributed by atoms with Crippen LogP contribution in [0.1, 0.15) is 47.1 Å². The molecule has 0 unspecified atom stereocenters. The molecule has 11 heteroatoms. The van der Waals surface area contributed by atoms with Gasteiger partial charge in [-0.2, -0.15) is 4.68 Å². The van der Waals surface area contributed by atoms with E-state index in [4.69, 9.17) is 9.47 Å². The maximum absolute atomic E-state index is 12.5. The molecule has 1 aromatic carbocycles. The molecule has 10 nitrogen and oxygen atoms in total. The summed E-state index contributed by atoms with van der Waals surface area (Å²) < 4.78 is 11.6. The third-order valence-electron chi connectivity index (χ3n) is 4.28. The molecule has 0 spiro atoms. The molecule has 3 rings (SSSR count). The summed E-state index contributed by atoms with van der Waals surface area (Å²) in [6, 6.07) is 6.59. The zero-order chi connectivity index (χ0) is 23.1. The highest BCUT2D eigenvalue weighted by Gasteiger charge is 2.23. The number of hydrogen-bond donors (Lipinski definition) is 1. The summed E-state index contributed by atoms with van der Waals surface area (Å²) in [5.41, 5.74) is 1.78. The van der Waals surface area contributed by atoms with Gasteiger partial charge in [0, 0.05) is 0 Å². The molecule has 0 atom stereocenters. The van der Waals surface area contributed by atoms with Crippen molar-refractivity contribution < 1.29 is 23.9 Å². The third-order valence-corrected chi connectivity index (χ3v) is 5.23. The van der Waals surface area contributed by atoms with E-state index in [0.717, 1.165) is 5.56 Å². The van der Waals surface area contributed by atoms with E-state index in [1.807, 2.05) is 19.2 Å². The molecule has 2 heterocycles. The van der Waals surface area contributed by atoms with Crippen LogP contribution in [0, 0.1) is 5.92 Å². The van der Waals surface area contributed by atoms with Crippen molar-refractivity contribution in [3.63, 3.8) is 0 Å². The minimum Gasteiger partial charge on any atom is -0.462 e. The van der Waals surface area contributed by atoms with E-state index >= 15 is 0 Å². The van der Waals surface area contributed by atoms with E-state index in [0.29, 0.717) is 28.6 Å². The lowest BCUT2D eigenvalue weighted by atomic mass is 10.0. The molecule has 0 aliphatic rings. The highest BCUT2D eigenvalue weighted by Crippen LogP contribution is 2.31. The number of benzene rings is 1. The summed E-state index contributed by atoms with van der Waals surface area (Å²) in [6.07, 6.45) is 2.02. The smallest absolute Gasteiger partial charge is 0.341 e. The predicted octanol–water partition coefficient (Wildman–Crippen LogP) is 2.89. The van der Waals surface area contributed by atoms with Gasteiger partial charge in [0.2, 0.25) is 0 Å². The Balaban J connectivity index is 1.69. The van der Waals surface area contributed by atoms with Gasteiger partial charge in [-0.25, -0.2) is 9.59 Å². The Morgan fingerprint density at radius 3 is 2.62 bits per heavy atom. The summed E-state index contributed by atoms with van der Waals surface area (Å²) in [4.78, 5) is 37.4. The number of carbonyl (C=O) groups excluding carboxylic acids is 3. The molecule has 0 fully saturated rings. The summed E-state index contributed by atoms with van der Waals surface area (Å²) in [6.45, 7) is 5.50. The number of aromatic nitrogens is 4. The van der Waals surface area contributed by atoms with Crippen molar-refractivity contribution in [2.24, 2.45) is 5.92 Å². The normalized spacial score (nSPS) is 10.8. The second-order valence-electron chi connectivity index (χ2n) is 7.18. The van der Waals surface area contributed by atoms with E-state index in [9.17, 15) is 14.4 Å². The van der Waals surface area contributed by atoms with Crippen LogP contribution in [0.25, 0.3) is 5.69 Å².